The lowest BCUT2D eigenvalue weighted by Crippen LogP contribution is -2.45. The summed E-state index contributed by atoms with van der Waals surface area (Å²) in [7, 11) is 1.56. The Balaban J connectivity index is 1.68. The topological polar surface area (TPSA) is 80.3 Å². The number of halogens is 3. The molecule has 1 aromatic carbocycles. The second kappa shape index (κ2) is 9.36. The number of carbonyl (C=O) groups is 2. The normalized spacial score (nSPS) is 19.5. The van der Waals surface area contributed by atoms with E-state index in [4.69, 9.17) is 4.74 Å². The molecule has 0 spiro atoms. The van der Waals surface area contributed by atoms with Crippen LogP contribution in [0.3, 0.4) is 0 Å². The molecule has 0 aliphatic carbocycles. The van der Waals surface area contributed by atoms with Crippen LogP contribution in [0.2, 0.25) is 0 Å². The maximum atomic E-state index is 13.5. The summed E-state index contributed by atoms with van der Waals surface area (Å²) in [6.07, 6.45) is -0.819. The first-order valence-electron chi connectivity index (χ1n) is 9.91. The number of alkyl halides is 3. The zero-order chi connectivity index (χ0) is 22.5. The Morgan fingerprint density at radius 1 is 1.29 bits per heavy atom. The highest BCUT2D eigenvalue weighted by Gasteiger charge is 2.43. The highest BCUT2D eigenvalue weighted by atomic mass is 19.4. The number of amides is 2. The Kier molecular flexibility index (Phi) is 6.82. The first-order chi connectivity index (χ1) is 14.7. The fourth-order valence-electron chi connectivity index (χ4n) is 3.80. The molecule has 0 saturated carbocycles. The molecule has 2 atom stereocenters. The molecule has 31 heavy (non-hydrogen) atoms. The molecule has 0 bridgehead atoms. The van der Waals surface area contributed by atoms with Gasteiger partial charge in [-0.25, -0.2) is 0 Å². The minimum atomic E-state index is -4.65. The van der Waals surface area contributed by atoms with Crippen molar-refractivity contribution in [3.63, 3.8) is 0 Å². The van der Waals surface area contributed by atoms with Crippen LogP contribution in [-0.4, -0.2) is 35.6 Å². The molecule has 1 aliphatic rings. The van der Waals surface area contributed by atoms with Crippen molar-refractivity contribution in [3.05, 3.63) is 59.9 Å². The summed E-state index contributed by atoms with van der Waals surface area (Å²) >= 11 is 0. The number of carbonyl (C=O) groups excluding carboxylic acids is 2. The summed E-state index contributed by atoms with van der Waals surface area (Å²) in [5.74, 6) is -0.167. The van der Waals surface area contributed by atoms with E-state index in [1.54, 1.807) is 19.2 Å². The number of benzene rings is 1. The van der Waals surface area contributed by atoms with Crippen molar-refractivity contribution in [3.8, 4) is 5.75 Å². The molecule has 1 saturated heterocycles. The van der Waals surface area contributed by atoms with E-state index in [9.17, 15) is 22.8 Å². The van der Waals surface area contributed by atoms with Crippen molar-refractivity contribution in [1.29, 1.82) is 0 Å². The van der Waals surface area contributed by atoms with E-state index in [0.29, 0.717) is 25.0 Å². The standard InChI is InChI=1S/C22H24F3N3O3/c1-31-17-6-4-15(5-7-17)13-21(11-9-19(30)28-21)10-8-18(29)27-20(22(23,24)25)16-3-2-12-26-14-16/h2-7,12,14,20H,8-11,13H2,1H3,(H,27,29)(H,28,30)/t20-,21+/m0/s1. The third kappa shape index (κ3) is 5.96. The van der Waals surface area contributed by atoms with Crippen molar-refractivity contribution < 1.29 is 27.5 Å². The molecule has 9 heteroatoms. The van der Waals surface area contributed by atoms with Gasteiger partial charge in [0.1, 0.15) is 5.75 Å². The number of pyridine rings is 1. The lowest BCUT2D eigenvalue weighted by atomic mass is 9.85. The molecule has 2 aromatic rings. The number of aromatic nitrogens is 1. The molecule has 166 valence electrons. The van der Waals surface area contributed by atoms with Gasteiger partial charge >= 0.3 is 6.18 Å². The third-order valence-corrected chi connectivity index (χ3v) is 5.42. The van der Waals surface area contributed by atoms with E-state index < -0.39 is 23.7 Å². The van der Waals surface area contributed by atoms with Gasteiger partial charge in [-0.15, -0.1) is 0 Å². The predicted octanol–water partition coefficient (Wildman–Crippen LogP) is 3.48. The monoisotopic (exact) mass is 435 g/mol. The van der Waals surface area contributed by atoms with E-state index in [1.165, 1.54) is 18.3 Å². The molecule has 2 heterocycles. The van der Waals surface area contributed by atoms with Gasteiger partial charge in [-0.3, -0.25) is 14.6 Å². The van der Waals surface area contributed by atoms with Crippen LogP contribution < -0.4 is 15.4 Å². The minimum Gasteiger partial charge on any atom is -0.497 e. The summed E-state index contributed by atoms with van der Waals surface area (Å²) in [5, 5.41) is 5.00. The number of nitrogens with one attached hydrogen (secondary N) is 2. The van der Waals surface area contributed by atoms with Crippen molar-refractivity contribution in [1.82, 2.24) is 15.6 Å². The second-order valence-corrected chi connectivity index (χ2v) is 7.68. The summed E-state index contributed by atoms with van der Waals surface area (Å²) in [6.45, 7) is 0. The summed E-state index contributed by atoms with van der Waals surface area (Å²) in [4.78, 5) is 28.0. The molecule has 0 unspecified atom stereocenters. The highest BCUT2D eigenvalue weighted by Crippen LogP contribution is 2.33. The molecule has 1 aliphatic heterocycles. The van der Waals surface area contributed by atoms with E-state index in [-0.39, 0.29) is 24.3 Å². The Morgan fingerprint density at radius 2 is 2.03 bits per heavy atom. The SMILES string of the molecule is COc1ccc(C[C@@]2(CCC(=O)N[C@@H](c3cccnc3)C(F)(F)F)CCC(=O)N2)cc1. The molecule has 3 rings (SSSR count). The molecule has 1 fully saturated rings. The average molecular weight is 435 g/mol. The Hall–Kier alpha value is -3.10. The lowest BCUT2D eigenvalue weighted by Gasteiger charge is -2.30. The molecular formula is C22H24F3N3O3. The van der Waals surface area contributed by atoms with Crippen molar-refractivity contribution in [2.75, 3.05) is 7.11 Å². The first kappa shape index (κ1) is 22.6. The molecule has 2 N–H and O–H groups in total. The zero-order valence-electron chi connectivity index (χ0n) is 17.0. The van der Waals surface area contributed by atoms with Crippen LogP contribution in [0.4, 0.5) is 13.2 Å². The average Bonchev–Trinajstić information content (AvgIpc) is 3.11. The fourth-order valence-corrected chi connectivity index (χ4v) is 3.80. The number of ether oxygens (including phenoxy) is 1. The van der Waals surface area contributed by atoms with Gasteiger partial charge < -0.3 is 15.4 Å². The Labute approximate surface area is 178 Å². The number of rotatable bonds is 8. The second-order valence-electron chi connectivity index (χ2n) is 7.68. The van der Waals surface area contributed by atoms with Gasteiger partial charge in [0.25, 0.3) is 0 Å². The predicted molar refractivity (Wildman–Crippen MR) is 107 cm³/mol. The van der Waals surface area contributed by atoms with Crippen LogP contribution in [0.15, 0.2) is 48.8 Å². The van der Waals surface area contributed by atoms with Crippen LogP contribution >= 0.6 is 0 Å². The highest BCUT2D eigenvalue weighted by molar-refractivity contribution is 5.80. The van der Waals surface area contributed by atoms with Gasteiger partial charge in [0.15, 0.2) is 6.04 Å². The molecular weight excluding hydrogens is 411 g/mol. The molecule has 1 aromatic heterocycles. The van der Waals surface area contributed by atoms with E-state index in [0.717, 1.165) is 11.8 Å². The van der Waals surface area contributed by atoms with Gasteiger partial charge in [-0.2, -0.15) is 13.2 Å². The molecule has 0 radical (unpaired) electrons. The molecule has 6 nitrogen and oxygen atoms in total. The van der Waals surface area contributed by atoms with Crippen LogP contribution in [0.5, 0.6) is 5.75 Å². The Bertz CT molecular complexity index is 904. The van der Waals surface area contributed by atoms with Gasteiger partial charge in [0.05, 0.1) is 7.11 Å². The number of methoxy groups -OCH3 is 1. The summed E-state index contributed by atoms with van der Waals surface area (Å²) in [6, 6.07) is 7.86. The number of hydrogen-bond acceptors (Lipinski definition) is 4. The quantitative estimate of drug-likeness (QED) is 0.665. The third-order valence-electron chi connectivity index (χ3n) is 5.42. The van der Waals surface area contributed by atoms with Crippen molar-refractivity contribution >= 4 is 11.8 Å². The van der Waals surface area contributed by atoms with Crippen LogP contribution in [0.1, 0.15) is 42.9 Å². The van der Waals surface area contributed by atoms with Crippen molar-refractivity contribution in [2.45, 2.75) is 49.9 Å². The number of nitrogens with zero attached hydrogens (tertiary/aromatic N) is 1. The van der Waals surface area contributed by atoms with Gasteiger partial charge in [-0.1, -0.05) is 18.2 Å². The fraction of sp³-hybridized carbons (Fsp3) is 0.409. The maximum absolute atomic E-state index is 13.5. The van der Waals surface area contributed by atoms with E-state index >= 15 is 0 Å². The van der Waals surface area contributed by atoms with Gasteiger partial charge in [-0.05, 0) is 43.0 Å². The summed E-state index contributed by atoms with van der Waals surface area (Å²) < 4.78 is 45.6. The van der Waals surface area contributed by atoms with E-state index in [1.807, 2.05) is 12.1 Å². The number of hydrogen-bond donors (Lipinski definition) is 2. The maximum Gasteiger partial charge on any atom is 0.412 e. The molecule has 2 amide bonds. The van der Waals surface area contributed by atoms with Crippen molar-refractivity contribution in [2.24, 2.45) is 0 Å². The Morgan fingerprint density at radius 3 is 2.58 bits per heavy atom. The van der Waals surface area contributed by atoms with Gasteiger partial charge in [0.2, 0.25) is 11.8 Å². The largest absolute Gasteiger partial charge is 0.497 e. The van der Waals surface area contributed by atoms with Crippen LogP contribution in [0.25, 0.3) is 0 Å². The van der Waals surface area contributed by atoms with Crippen LogP contribution in [-0.2, 0) is 16.0 Å². The summed E-state index contributed by atoms with van der Waals surface area (Å²) in [5.41, 5.74) is 0.128. The minimum absolute atomic E-state index is 0.127. The zero-order valence-corrected chi connectivity index (χ0v) is 17.0. The van der Waals surface area contributed by atoms with Crippen LogP contribution in [0, 0.1) is 0 Å². The first-order valence-corrected chi connectivity index (χ1v) is 9.91. The van der Waals surface area contributed by atoms with E-state index in [2.05, 4.69) is 15.6 Å². The van der Waals surface area contributed by atoms with Gasteiger partial charge in [0, 0.05) is 36.3 Å². The smallest absolute Gasteiger partial charge is 0.412 e. The lowest BCUT2D eigenvalue weighted by molar-refractivity contribution is -0.163.